The zero-order valence-corrected chi connectivity index (χ0v) is 50.7. The summed E-state index contributed by atoms with van der Waals surface area (Å²) in [6, 6.07) is 0. The van der Waals surface area contributed by atoms with Crippen LogP contribution in [0.3, 0.4) is 0 Å². The van der Waals surface area contributed by atoms with Crippen molar-refractivity contribution in [1.29, 1.82) is 0 Å². The number of unbranched alkanes of at least 4 members (excludes halogenated alkanes) is 22. The molecular formula is C69H112O12. The topological polar surface area (TPSA) is 175 Å². The van der Waals surface area contributed by atoms with Gasteiger partial charge in [-0.15, -0.1) is 0 Å². The number of hydrogen-bond acceptors (Lipinski definition) is 11. The third kappa shape index (κ3) is 45.6. The molecule has 0 aromatic carbocycles. The number of carbonyl (C=O) groups excluding carboxylic acids is 3. The van der Waals surface area contributed by atoms with Crippen LogP contribution in [0.1, 0.15) is 252 Å². The first-order valence-corrected chi connectivity index (χ1v) is 31.9. The molecular weight excluding hydrogens is 1020 g/mol. The molecule has 0 saturated carbocycles. The van der Waals surface area contributed by atoms with Gasteiger partial charge in [-0.05, 0) is 109 Å². The van der Waals surface area contributed by atoms with Crippen molar-refractivity contribution >= 4 is 23.9 Å². The fraction of sp³-hybridized carbons (Fsp3) is 0.681. The largest absolute Gasteiger partial charge is 0.479 e. The lowest BCUT2D eigenvalue weighted by Crippen LogP contribution is -2.61. The van der Waals surface area contributed by atoms with E-state index in [1.54, 1.807) is 6.08 Å². The summed E-state index contributed by atoms with van der Waals surface area (Å²) in [6.07, 6.45) is 63.6. The molecule has 3 N–H and O–H groups in total. The molecule has 6 atom stereocenters. The van der Waals surface area contributed by atoms with Gasteiger partial charge in [-0.3, -0.25) is 14.4 Å². The molecule has 12 nitrogen and oxygen atoms in total. The minimum absolute atomic E-state index is 0.0398. The van der Waals surface area contributed by atoms with Gasteiger partial charge in [0.25, 0.3) is 0 Å². The molecule has 0 aromatic rings. The van der Waals surface area contributed by atoms with E-state index in [9.17, 15) is 34.5 Å². The second-order valence-corrected chi connectivity index (χ2v) is 21.3. The van der Waals surface area contributed by atoms with Gasteiger partial charge in [-0.1, -0.05) is 233 Å². The van der Waals surface area contributed by atoms with Crippen molar-refractivity contribution in [3.8, 4) is 0 Å². The number of allylic oxidation sites excluding steroid dienone is 17. The summed E-state index contributed by atoms with van der Waals surface area (Å²) >= 11 is 0. The van der Waals surface area contributed by atoms with Crippen molar-refractivity contribution < 1.29 is 58.2 Å². The molecule has 12 heteroatoms. The fourth-order valence-corrected chi connectivity index (χ4v) is 8.97. The molecule has 1 fully saturated rings. The third-order valence-electron chi connectivity index (χ3n) is 13.8. The summed E-state index contributed by atoms with van der Waals surface area (Å²) in [4.78, 5) is 51.2. The van der Waals surface area contributed by atoms with Gasteiger partial charge in [-0.25, -0.2) is 4.79 Å². The number of carbonyl (C=O) groups is 4. The van der Waals surface area contributed by atoms with Crippen molar-refractivity contribution in [2.45, 2.75) is 289 Å². The zero-order chi connectivity index (χ0) is 58.9. The molecule has 1 rings (SSSR count). The van der Waals surface area contributed by atoms with Crippen LogP contribution in [0, 0.1) is 0 Å². The lowest BCUT2D eigenvalue weighted by Gasteiger charge is -2.40. The lowest BCUT2D eigenvalue weighted by molar-refractivity contribution is -0.301. The van der Waals surface area contributed by atoms with Crippen molar-refractivity contribution in [3.63, 3.8) is 0 Å². The smallest absolute Gasteiger partial charge is 0.335 e. The molecule has 0 bridgehead atoms. The van der Waals surface area contributed by atoms with E-state index in [0.717, 1.165) is 103 Å². The van der Waals surface area contributed by atoms with Crippen LogP contribution in [0.15, 0.2) is 109 Å². The first kappa shape index (κ1) is 74.4. The molecule has 460 valence electrons. The van der Waals surface area contributed by atoms with Crippen LogP contribution >= 0.6 is 0 Å². The first-order chi connectivity index (χ1) is 39.6. The summed E-state index contributed by atoms with van der Waals surface area (Å²) in [6.45, 7) is 5.75. The second kappa shape index (κ2) is 55.9. The Morgan fingerprint density at radius 2 is 0.815 bits per heavy atom. The van der Waals surface area contributed by atoms with Crippen LogP contribution in [0.2, 0.25) is 0 Å². The molecule has 1 aliphatic heterocycles. The summed E-state index contributed by atoms with van der Waals surface area (Å²) in [5.74, 6) is -3.31. The van der Waals surface area contributed by atoms with Crippen molar-refractivity contribution in [1.82, 2.24) is 0 Å². The summed E-state index contributed by atoms with van der Waals surface area (Å²) in [5, 5.41) is 31.6. The monoisotopic (exact) mass is 1130 g/mol. The highest BCUT2D eigenvalue weighted by Gasteiger charge is 2.50. The number of aliphatic hydroxyl groups excluding tert-OH is 2. The van der Waals surface area contributed by atoms with Crippen LogP contribution in [-0.4, -0.2) is 89.2 Å². The van der Waals surface area contributed by atoms with Crippen LogP contribution in [-0.2, 0) is 42.9 Å². The maximum Gasteiger partial charge on any atom is 0.335 e. The highest BCUT2D eigenvalue weighted by Crippen LogP contribution is 2.26. The van der Waals surface area contributed by atoms with E-state index in [4.69, 9.17) is 23.7 Å². The van der Waals surface area contributed by atoms with Crippen LogP contribution in [0.4, 0.5) is 0 Å². The molecule has 0 spiro atoms. The fourth-order valence-electron chi connectivity index (χ4n) is 8.97. The third-order valence-corrected chi connectivity index (χ3v) is 13.8. The van der Waals surface area contributed by atoms with E-state index in [1.165, 1.54) is 89.9 Å². The van der Waals surface area contributed by atoms with Crippen LogP contribution < -0.4 is 0 Å². The minimum Gasteiger partial charge on any atom is -0.479 e. The Hall–Kier alpha value is -4.62. The van der Waals surface area contributed by atoms with Gasteiger partial charge in [-0.2, -0.15) is 0 Å². The molecule has 6 unspecified atom stereocenters. The van der Waals surface area contributed by atoms with Crippen molar-refractivity contribution in [2.75, 3.05) is 13.2 Å². The van der Waals surface area contributed by atoms with Crippen molar-refractivity contribution in [2.24, 2.45) is 0 Å². The van der Waals surface area contributed by atoms with E-state index in [2.05, 4.69) is 112 Å². The van der Waals surface area contributed by atoms with Gasteiger partial charge in [0, 0.05) is 12.8 Å². The number of esters is 3. The number of carboxylic acids is 1. The number of ether oxygens (including phenoxy) is 5. The Morgan fingerprint density at radius 3 is 1.25 bits per heavy atom. The standard InChI is InChI=1S/C69H112O12/c1-4-7-10-13-16-19-22-25-28-30-31-33-36-39-42-45-48-51-54-57-63(72)80-67-65(74)64(73)66(68(75)76)81-69(67)78-59-60(79-62(71)56-53-50-47-44-41-38-34-27-24-21-18-15-12-9-6-3)58-77-61(70)55-52-49-46-43-40-37-35-32-29-26-23-20-17-14-11-8-5-2/h9,12,16-21,25-29,34,41,44,50,53,60,64-67,69,73-74H,4-8,10-11,13-15,22-24,30-33,35-40,42-43,45-49,51-52,54-59H2,1-3H3,(H,75,76)/b12-9-,19-16-,20-17-,21-18-,28-25-,29-26-,34-27-,44-41-,53-50-. The highest BCUT2D eigenvalue weighted by atomic mass is 16.7. The maximum atomic E-state index is 13.1. The Balaban J connectivity index is 2.71. The van der Waals surface area contributed by atoms with Gasteiger partial charge in [0.15, 0.2) is 24.6 Å². The summed E-state index contributed by atoms with van der Waals surface area (Å²) < 4.78 is 28.4. The predicted octanol–water partition coefficient (Wildman–Crippen LogP) is 17.0. The molecule has 1 saturated heterocycles. The first-order valence-electron chi connectivity index (χ1n) is 31.9. The normalized spacial score (nSPS) is 18.5. The second-order valence-electron chi connectivity index (χ2n) is 21.3. The molecule has 0 aliphatic carbocycles. The maximum absolute atomic E-state index is 13.1. The zero-order valence-electron chi connectivity index (χ0n) is 50.7. The Morgan fingerprint density at radius 1 is 0.432 bits per heavy atom. The van der Waals surface area contributed by atoms with Gasteiger partial charge in [0.05, 0.1) is 13.0 Å². The molecule has 1 aliphatic rings. The van der Waals surface area contributed by atoms with E-state index >= 15 is 0 Å². The van der Waals surface area contributed by atoms with Gasteiger partial charge < -0.3 is 39.0 Å². The Kier molecular flexibility index (Phi) is 51.3. The van der Waals surface area contributed by atoms with Gasteiger partial charge >= 0.3 is 23.9 Å². The number of carboxylic acid groups (broad SMARTS) is 1. The van der Waals surface area contributed by atoms with Crippen molar-refractivity contribution in [3.05, 3.63) is 109 Å². The van der Waals surface area contributed by atoms with Gasteiger partial charge in [0.1, 0.15) is 18.8 Å². The average molecular weight is 1130 g/mol. The summed E-state index contributed by atoms with van der Waals surface area (Å²) in [7, 11) is 0. The summed E-state index contributed by atoms with van der Waals surface area (Å²) in [5.41, 5.74) is 0. The van der Waals surface area contributed by atoms with E-state index in [0.29, 0.717) is 19.3 Å². The molecule has 1 heterocycles. The molecule has 0 radical (unpaired) electrons. The van der Waals surface area contributed by atoms with Gasteiger partial charge in [0.2, 0.25) is 0 Å². The quantitative estimate of drug-likeness (QED) is 0.0228. The number of rotatable bonds is 53. The van der Waals surface area contributed by atoms with Crippen LogP contribution in [0.25, 0.3) is 0 Å². The SMILES string of the molecule is CC/C=C\C/C=C\C/C=C\C/C=C\C/C=C\CC(=O)OC(COC(=O)CCCCCCCCC/C=C\C/C=C\CCCCC)COC1OC(C(=O)O)C(O)C(O)C1OC(=O)CCCCCCCCCCC/C=C\C/C=C\CCCCC. The Bertz CT molecular complexity index is 1820. The number of aliphatic carboxylic acids is 1. The van der Waals surface area contributed by atoms with E-state index < -0.39 is 67.3 Å². The predicted molar refractivity (Wildman–Crippen MR) is 330 cm³/mol. The van der Waals surface area contributed by atoms with E-state index in [1.807, 2.05) is 12.2 Å². The lowest BCUT2D eigenvalue weighted by atomic mass is 9.98. The highest BCUT2D eigenvalue weighted by molar-refractivity contribution is 5.74. The van der Waals surface area contributed by atoms with Crippen LogP contribution in [0.5, 0.6) is 0 Å². The average Bonchev–Trinajstić information content (AvgIpc) is 3.52. The minimum atomic E-state index is -1.92. The number of hydrogen-bond donors (Lipinski definition) is 3. The molecule has 0 amide bonds. The van der Waals surface area contributed by atoms with E-state index in [-0.39, 0.29) is 25.9 Å². The Labute approximate surface area is 491 Å². The molecule has 0 aromatic heterocycles. The number of aliphatic hydroxyl groups is 2. The molecule has 81 heavy (non-hydrogen) atoms.